The Morgan fingerprint density at radius 3 is 2.33 bits per heavy atom. The van der Waals surface area contributed by atoms with Crippen LogP contribution in [-0.2, 0) is 9.59 Å². The molecule has 33 heavy (non-hydrogen) atoms. The monoisotopic (exact) mass is 447 g/mol. The Balaban J connectivity index is 1.39. The number of rotatable bonds is 5. The molecule has 174 valence electrons. The van der Waals surface area contributed by atoms with Gasteiger partial charge >= 0.3 is 6.03 Å². The van der Waals surface area contributed by atoms with Gasteiger partial charge in [0.25, 0.3) is 5.91 Å². The Kier molecular flexibility index (Phi) is 6.04. The third-order valence-corrected chi connectivity index (χ3v) is 6.82. The highest BCUT2D eigenvalue weighted by molar-refractivity contribution is 6.09. The molecule has 2 aliphatic rings. The van der Waals surface area contributed by atoms with Crippen LogP contribution in [0.1, 0.15) is 58.6 Å². The van der Waals surface area contributed by atoms with Crippen LogP contribution in [0.2, 0.25) is 0 Å². The van der Waals surface area contributed by atoms with Gasteiger partial charge in [-0.25, -0.2) is 4.79 Å². The number of benzene rings is 2. The molecule has 0 radical (unpaired) electrons. The van der Waals surface area contributed by atoms with E-state index < -0.39 is 11.6 Å². The predicted molar refractivity (Wildman–Crippen MR) is 128 cm³/mol. The third kappa shape index (κ3) is 4.80. The Labute approximate surface area is 195 Å². The van der Waals surface area contributed by atoms with Gasteiger partial charge in [0.15, 0.2) is 0 Å². The molecule has 0 aromatic heterocycles. The van der Waals surface area contributed by atoms with E-state index in [-0.39, 0.29) is 29.8 Å². The van der Waals surface area contributed by atoms with Crippen LogP contribution in [0.15, 0.2) is 54.6 Å². The topological polar surface area (TPSA) is 78.5 Å². The first-order valence-corrected chi connectivity index (χ1v) is 11.7. The highest BCUT2D eigenvalue weighted by atomic mass is 16.2. The van der Waals surface area contributed by atoms with Crippen molar-refractivity contribution < 1.29 is 14.4 Å². The van der Waals surface area contributed by atoms with Gasteiger partial charge in [0, 0.05) is 0 Å². The second-order valence-corrected chi connectivity index (χ2v) is 10.5. The van der Waals surface area contributed by atoms with E-state index in [4.69, 9.17) is 0 Å². The van der Waals surface area contributed by atoms with Crippen LogP contribution in [0, 0.1) is 11.3 Å². The van der Waals surface area contributed by atoms with Crippen LogP contribution < -0.4 is 10.6 Å². The van der Waals surface area contributed by atoms with E-state index in [9.17, 15) is 14.4 Å². The third-order valence-electron chi connectivity index (χ3n) is 6.82. The van der Waals surface area contributed by atoms with Crippen molar-refractivity contribution in [2.45, 2.75) is 58.5 Å². The normalized spacial score (nSPS) is 25.1. The second-order valence-electron chi connectivity index (χ2n) is 10.5. The molecular formula is C27H33N3O3. The molecule has 6 nitrogen and oxygen atoms in total. The number of nitrogens with one attached hydrogen (secondary N) is 2. The molecule has 1 aliphatic heterocycles. The van der Waals surface area contributed by atoms with Crippen molar-refractivity contribution in [3.63, 3.8) is 0 Å². The van der Waals surface area contributed by atoms with Crippen molar-refractivity contribution in [1.82, 2.24) is 15.5 Å². The molecule has 1 saturated carbocycles. The molecule has 2 fully saturated rings. The van der Waals surface area contributed by atoms with Gasteiger partial charge in [-0.1, -0.05) is 75.4 Å². The maximum Gasteiger partial charge on any atom is 0.325 e. The number of imide groups is 1. The van der Waals surface area contributed by atoms with Gasteiger partial charge < -0.3 is 10.6 Å². The number of carbonyl (C=O) groups excluding carboxylic acids is 3. The molecule has 3 atom stereocenters. The zero-order valence-electron chi connectivity index (χ0n) is 19.9. The number of nitrogens with zero attached hydrogens (tertiary/aromatic N) is 1. The van der Waals surface area contributed by atoms with Gasteiger partial charge in [-0.2, -0.15) is 0 Å². The van der Waals surface area contributed by atoms with Gasteiger partial charge in [-0.15, -0.1) is 0 Å². The molecule has 1 aliphatic carbocycles. The maximum absolute atomic E-state index is 13.3. The second kappa shape index (κ2) is 8.65. The predicted octanol–water partition coefficient (Wildman–Crippen LogP) is 4.67. The summed E-state index contributed by atoms with van der Waals surface area (Å²) in [6.07, 6.45) is 2.22. The lowest BCUT2D eigenvalue weighted by atomic mass is 9.64. The van der Waals surface area contributed by atoms with E-state index in [2.05, 4.69) is 43.5 Å². The van der Waals surface area contributed by atoms with Crippen LogP contribution in [0.25, 0.3) is 11.1 Å². The van der Waals surface area contributed by atoms with Gasteiger partial charge in [-0.05, 0) is 54.2 Å². The molecule has 1 heterocycles. The van der Waals surface area contributed by atoms with Crippen LogP contribution in [0.4, 0.5) is 4.79 Å². The minimum atomic E-state index is -0.891. The Bertz CT molecular complexity index is 1050. The number of urea groups is 1. The van der Waals surface area contributed by atoms with E-state index in [0.717, 1.165) is 28.0 Å². The molecule has 2 aromatic rings. The standard InChI is InChI=1S/C27H33N3O3/c1-18-14-26(3,4)17-27(15-18)24(32)30(25(33)29-27)16-23(31)28-19(2)20-10-12-22(13-11-20)21-8-6-5-7-9-21/h5-13,18-19H,14-17H2,1-4H3,(H,28,31)(H,29,33). The summed E-state index contributed by atoms with van der Waals surface area (Å²) in [4.78, 5) is 39.7. The molecule has 2 N–H and O–H groups in total. The summed E-state index contributed by atoms with van der Waals surface area (Å²) in [5.74, 6) is -0.300. The molecule has 2 aromatic carbocycles. The first-order valence-electron chi connectivity index (χ1n) is 11.7. The number of carbonyl (C=O) groups is 3. The van der Waals surface area contributed by atoms with Crippen LogP contribution in [-0.4, -0.2) is 34.8 Å². The first-order chi connectivity index (χ1) is 15.6. The first kappa shape index (κ1) is 23.0. The van der Waals surface area contributed by atoms with E-state index in [0.29, 0.717) is 18.8 Å². The lowest BCUT2D eigenvalue weighted by Gasteiger charge is -2.43. The fourth-order valence-electron chi connectivity index (χ4n) is 5.76. The van der Waals surface area contributed by atoms with Crippen LogP contribution >= 0.6 is 0 Å². The average molecular weight is 448 g/mol. The quantitative estimate of drug-likeness (QED) is 0.654. The smallest absolute Gasteiger partial charge is 0.325 e. The average Bonchev–Trinajstić information content (AvgIpc) is 2.96. The molecule has 0 bridgehead atoms. The van der Waals surface area contributed by atoms with E-state index in [1.54, 1.807) is 0 Å². The van der Waals surface area contributed by atoms with Crippen molar-refractivity contribution in [1.29, 1.82) is 0 Å². The Morgan fingerprint density at radius 1 is 1.06 bits per heavy atom. The highest BCUT2D eigenvalue weighted by Crippen LogP contribution is 2.46. The largest absolute Gasteiger partial charge is 0.348 e. The summed E-state index contributed by atoms with van der Waals surface area (Å²) in [5, 5.41) is 5.85. The Hall–Kier alpha value is -3.15. The SMILES string of the molecule is CC1CC(C)(C)CC2(C1)NC(=O)N(CC(=O)NC(C)c1ccc(-c3ccccc3)cc1)C2=O. The zero-order chi connectivity index (χ0) is 23.8. The Morgan fingerprint density at radius 2 is 1.70 bits per heavy atom. The maximum atomic E-state index is 13.3. The molecule has 4 rings (SSSR count). The summed E-state index contributed by atoms with van der Waals surface area (Å²) in [6, 6.07) is 17.4. The molecule has 1 spiro atoms. The van der Waals surface area contributed by atoms with Gasteiger partial charge in [-0.3, -0.25) is 14.5 Å². The molecule has 4 amide bonds. The van der Waals surface area contributed by atoms with Gasteiger partial charge in [0.05, 0.1) is 6.04 Å². The van der Waals surface area contributed by atoms with Crippen molar-refractivity contribution in [3.8, 4) is 11.1 Å². The van der Waals surface area contributed by atoms with E-state index >= 15 is 0 Å². The molecule has 6 heteroatoms. The highest BCUT2D eigenvalue weighted by Gasteiger charge is 2.56. The van der Waals surface area contributed by atoms with Crippen molar-refractivity contribution >= 4 is 17.8 Å². The lowest BCUT2D eigenvalue weighted by molar-refractivity contribution is -0.137. The number of hydrogen-bond donors (Lipinski definition) is 2. The summed E-state index contributed by atoms with van der Waals surface area (Å²) in [5.41, 5.74) is 2.26. The fraction of sp³-hybridized carbons (Fsp3) is 0.444. The summed E-state index contributed by atoms with van der Waals surface area (Å²) >= 11 is 0. The fourth-order valence-corrected chi connectivity index (χ4v) is 5.76. The summed E-state index contributed by atoms with van der Waals surface area (Å²) < 4.78 is 0. The van der Waals surface area contributed by atoms with Crippen LogP contribution in [0.3, 0.4) is 0 Å². The summed E-state index contributed by atoms with van der Waals surface area (Å²) in [7, 11) is 0. The van der Waals surface area contributed by atoms with Gasteiger partial charge in [0.1, 0.15) is 12.1 Å². The minimum Gasteiger partial charge on any atom is -0.348 e. The molecule has 3 unspecified atom stereocenters. The lowest BCUT2D eigenvalue weighted by Crippen LogP contribution is -2.54. The van der Waals surface area contributed by atoms with E-state index in [1.165, 1.54) is 0 Å². The van der Waals surface area contributed by atoms with E-state index in [1.807, 2.05) is 49.4 Å². The zero-order valence-corrected chi connectivity index (χ0v) is 19.9. The van der Waals surface area contributed by atoms with Crippen molar-refractivity contribution in [2.75, 3.05) is 6.54 Å². The summed E-state index contributed by atoms with van der Waals surface area (Å²) in [6.45, 7) is 8.00. The minimum absolute atomic E-state index is 0.0424. The van der Waals surface area contributed by atoms with Crippen LogP contribution in [0.5, 0.6) is 0 Å². The molecular weight excluding hydrogens is 414 g/mol. The van der Waals surface area contributed by atoms with Gasteiger partial charge in [0.2, 0.25) is 5.91 Å². The number of hydrogen-bond acceptors (Lipinski definition) is 3. The number of amides is 4. The molecule has 1 saturated heterocycles. The van der Waals surface area contributed by atoms with Crippen molar-refractivity contribution in [2.24, 2.45) is 11.3 Å². The van der Waals surface area contributed by atoms with Crippen molar-refractivity contribution in [3.05, 3.63) is 60.2 Å².